The van der Waals surface area contributed by atoms with Crippen LogP contribution in [0.15, 0.2) is 39.8 Å². The van der Waals surface area contributed by atoms with Crippen LogP contribution in [0.4, 0.5) is 0 Å². The lowest BCUT2D eigenvalue weighted by Crippen LogP contribution is -2.04. The molecular weight excluding hydrogens is 232 g/mol. The highest BCUT2D eigenvalue weighted by molar-refractivity contribution is 7.98. The van der Waals surface area contributed by atoms with Crippen molar-refractivity contribution in [2.45, 2.75) is 30.5 Å². The Kier molecular flexibility index (Phi) is 3.86. The summed E-state index contributed by atoms with van der Waals surface area (Å²) in [7, 11) is 0. The number of hydrogen-bond acceptors (Lipinski definition) is 4. The molecule has 0 fully saturated rings. The van der Waals surface area contributed by atoms with E-state index in [9.17, 15) is 0 Å². The largest absolute Gasteiger partial charge is 0.360 e. The first-order valence-electron chi connectivity index (χ1n) is 5.55. The van der Waals surface area contributed by atoms with Crippen molar-refractivity contribution in [3.63, 3.8) is 0 Å². The number of aromatic nitrogens is 1. The third-order valence-corrected chi connectivity index (χ3v) is 3.46. The van der Waals surface area contributed by atoms with Gasteiger partial charge in [-0.05, 0) is 31.5 Å². The van der Waals surface area contributed by atoms with E-state index in [1.807, 2.05) is 32.0 Å². The van der Waals surface area contributed by atoms with Crippen LogP contribution in [-0.2, 0) is 5.75 Å². The Hall–Kier alpha value is -1.26. The lowest BCUT2D eigenvalue weighted by Gasteiger charge is -2.07. The Morgan fingerprint density at radius 1 is 1.41 bits per heavy atom. The molecule has 2 aromatic rings. The van der Waals surface area contributed by atoms with Gasteiger partial charge in [-0.25, -0.2) is 0 Å². The summed E-state index contributed by atoms with van der Waals surface area (Å²) in [6, 6.07) is 10.3. The van der Waals surface area contributed by atoms with E-state index >= 15 is 0 Å². The molecule has 3 nitrogen and oxygen atoms in total. The van der Waals surface area contributed by atoms with Crippen molar-refractivity contribution in [3.8, 4) is 0 Å². The van der Waals surface area contributed by atoms with Gasteiger partial charge in [-0.2, -0.15) is 0 Å². The van der Waals surface area contributed by atoms with Crippen LogP contribution in [0.1, 0.15) is 30.0 Å². The van der Waals surface area contributed by atoms with Crippen LogP contribution in [0.5, 0.6) is 0 Å². The van der Waals surface area contributed by atoms with Crippen LogP contribution < -0.4 is 5.73 Å². The van der Waals surface area contributed by atoms with Gasteiger partial charge in [0.2, 0.25) is 0 Å². The van der Waals surface area contributed by atoms with Gasteiger partial charge >= 0.3 is 0 Å². The number of aryl methyl sites for hydroxylation is 1. The fourth-order valence-corrected chi connectivity index (χ4v) is 2.37. The molecule has 4 heteroatoms. The van der Waals surface area contributed by atoms with Crippen LogP contribution >= 0.6 is 11.8 Å². The van der Waals surface area contributed by atoms with Crippen molar-refractivity contribution in [2.24, 2.45) is 5.73 Å². The summed E-state index contributed by atoms with van der Waals surface area (Å²) in [5, 5.41) is 3.87. The number of nitrogens with zero attached hydrogens (tertiary/aromatic N) is 1. The molecule has 90 valence electrons. The molecule has 0 bridgehead atoms. The molecule has 1 unspecified atom stereocenters. The van der Waals surface area contributed by atoms with Gasteiger partial charge in [0.15, 0.2) is 0 Å². The van der Waals surface area contributed by atoms with Crippen molar-refractivity contribution in [1.82, 2.24) is 5.16 Å². The van der Waals surface area contributed by atoms with E-state index < -0.39 is 0 Å². The lowest BCUT2D eigenvalue weighted by molar-refractivity contribution is 0.391. The highest BCUT2D eigenvalue weighted by Crippen LogP contribution is 2.25. The van der Waals surface area contributed by atoms with E-state index in [4.69, 9.17) is 10.3 Å². The number of nitrogens with two attached hydrogens (primary N) is 1. The lowest BCUT2D eigenvalue weighted by atomic mass is 10.1. The minimum Gasteiger partial charge on any atom is -0.360 e. The van der Waals surface area contributed by atoms with Crippen LogP contribution in [0.2, 0.25) is 0 Å². The number of rotatable bonds is 4. The van der Waals surface area contributed by atoms with E-state index in [0.717, 1.165) is 22.8 Å². The third kappa shape index (κ3) is 3.35. The fraction of sp³-hybridized carbons (Fsp3) is 0.308. The average molecular weight is 248 g/mol. The number of hydrogen-bond donors (Lipinski definition) is 1. The second-order valence-electron chi connectivity index (χ2n) is 4.08. The van der Waals surface area contributed by atoms with E-state index in [0.29, 0.717) is 0 Å². The summed E-state index contributed by atoms with van der Waals surface area (Å²) >= 11 is 1.73. The summed E-state index contributed by atoms with van der Waals surface area (Å²) < 4.78 is 5.17. The first-order chi connectivity index (χ1) is 8.15. The monoisotopic (exact) mass is 248 g/mol. The second-order valence-corrected chi connectivity index (χ2v) is 5.13. The van der Waals surface area contributed by atoms with Gasteiger partial charge in [-0.3, -0.25) is 0 Å². The highest BCUT2D eigenvalue weighted by atomic mass is 32.2. The Balaban J connectivity index is 2.01. The summed E-state index contributed by atoms with van der Waals surface area (Å²) in [5.41, 5.74) is 7.93. The molecule has 0 aliphatic rings. The smallest absolute Gasteiger partial charge is 0.147 e. The van der Waals surface area contributed by atoms with Gasteiger partial charge in [-0.1, -0.05) is 17.3 Å². The van der Waals surface area contributed by atoms with Gasteiger partial charge in [0.1, 0.15) is 5.76 Å². The van der Waals surface area contributed by atoms with Crippen molar-refractivity contribution in [2.75, 3.05) is 0 Å². The van der Waals surface area contributed by atoms with Crippen LogP contribution in [-0.4, -0.2) is 5.16 Å². The predicted octanol–water partition coefficient (Wildman–Crippen LogP) is 3.30. The van der Waals surface area contributed by atoms with Crippen molar-refractivity contribution < 1.29 is 4.52 Å². The number of thioether (sulfide) groups is 1. The zero-order valence-electron chi connectivity index (χ0n) is 10.0. The molecule has 2 rings (SSSR count). The average Bonchev–Trinajstić information content (AvgIpc) is 2.73. The van der Waals surface area contributed by atoms with Gasteiger partial charge in [0, 0.05) is 17.0 Å². The SMILES string of the molecule is Cc1cc(CSc2cccc(C(C)N)c2)on1. The Labute approximate surface area is 105 Å². The third-order valence-electron chi connectivity index (χ3n) is 2.44. The van der Waals surface area contributed by atoms with Crippen LogP contribution in [0.3, 0.4) is 0 Å². The summed E-state index contributed by atoms with van der Waals surface area (Å²) in [5.74, 6) is 1.70. The van der Waals surface area contributed by atoms with E-state index in [1.54, 1.807) is 11.8 Å². The first-order valence-corrected chi connectivity index (χ1v) is 6.54. The molecule has 0 saturated carbocycles. The maximum absolute atomic E-state index is 5.86. The Morgan fingerprint density at radius 3 is 2.88 bits per heavy atom. The number of benzene rings is 1. The molecule has 0 saturated heterocycles. The predicted molar refractivity (Wildman–Crippen MR) is 69.8 cm³/mol. The van der Waals surface area contributed by atoms with E-state index in [-0.39, 0.29) is 6.04 Å². The zero-order valence-corrected chi connectivity index (χ0v) is 10.8. The molecule has 0 amide bonds. The van der Waals surface area contributed by atoms with Gasteiger partial charge in [-0.15, -0.1) is 11.8 Å². The van der Waals surface area contributed by atoms with Crippen molar-refractivity contribution in [3.05, 3.63) is 47.3 Å². The zero-order chi connectivity index (χ0) is 12.3. The summed E-state index contributed by atoms with van der Waals surface area (Å²) in [6.07, 6.45) is 0. The van der Waals surface area contributed by atoms with Gasteiger partial charge in [0.25, 0.3) is 0 Å². The molecule has 0 aliphatic carbocycles. The normalized spacial score (nSPS) is 12.6. The van der Waals surface area contributed by atoms with Crippen LogP contribution in [0.25, 0.3) is 0 Å². The molecule has 1 aromatic heterocycles. The molecule has 0 radical (unpaired) electrons. The minimum atomic E-state index is 0.0723. The standard InChI is InChI=1S/C13H16N2OS/c1-9-6-12(16-15-9)8-17-13-5-3-4-11(7-13)10(2)14/h3-7,10H,8,14H2,1-2H3. The highest BCUT2D eigenvalue weighted by Gasteiger charge is 2.04. The van der Waals surface area contributed by atoms with Crippen molar-refractivity contribution >= 4 is 11.8 Å². The molecule has 17 heavy (non-hydrogen) atoms. The summed E-state index contributed by atoms with van der Waals surface area (Å²) in [4.78, 5) is 1.20. The molecule has 1 heterocycles. The van der Waals surface area contributed by atoms with E-state index in [1.165, 1.54) is 4.90 Å². The Morgan fingerprint density at radius 2 is 2.24 bits per heavy atom. The maximum atomic E-state index is 5.86. The summed E-state index contributed by atoms with van der Waals surface area (Å²) in [6.45, 7) is 3.91. The first kappa shape index (κ1) is 12.2. The fourth-order valence-electron chi connectivity index (χ4n) is 1.53. The molecule has 2 N–H and O–H groups in total. The van der Waals surface area contributed by atoms with Gasteiger partial charge in [0.05, 0.1) is 11.4 Å². The van der Waals surface area contributed by atoms with Gasteiger partial charge < -0.3 is 10.3 Å². The van der Waals surface area contributed by atoms with Crippen LogP contribution in [0, 0.1) is 6.92 Å². The molecule has 0 spiro atoms. The maximum Gasteiger partial charge on any atom is 0.147 e. The van der Waals surface area contributed by atoms with Crippen molar-refractivity contribution in [1.29, 1.82) is 0 Å². The Bertz CT molecular complexity index is 494. The quantitative estimate of drug-likeness (QED) is 0.843. The molecule has 0 aliphatic heterocycles. The molecule has 1 aromatic carbocycles. The molecule has 1 atom stereocenters. The second kappa shape index (κ2) is 5.38. The minimum absolute atomic E-state index is 0.0723. The van der Waals surface area contributed by atoms with E-state index in [2.05, 4.69) is 17.3 Å². The topological polar surface area (TPSA) is 52.0 Å². The molecular formula is C13H16N2OS.